The molecule has 140 valence electrons. The number of amides is 1. The molecule has 2 aromatic carbocycles. The van der Waals surface area contributed by atoms with Crippen molar-refractivity contribution < 1.29 is 18.1 Å². The van der Waals surface area contributed by atoms with Crippen molar-refractivity contribution in [3.63, 3.8) is 0 Å². The third-order valence-corrected chi connectivity index (χ3v) is 4.97. The highest BCUT2D eigenvalue weighted by Gasteiger charge is 2.17. The van der Waals surface area contributed by atoms with Crippen LogP contribution in [0.1, 0.15) is 24.8 Å². The Bertz CT molecular complexity index is 885. The minimum atomic E-state index is -2.81. The fourth-order valence-electron chi connectivity index (χ4n) is 2.26. The van der Waals surface area contributed by atoms with E-state index in [1.165, 1.54) is 0 Å². The molecule has 27 heavy (non-hydrogen) atoms. The second kappa shape index (κ2) is 8.77. The van der Waals surface area contributed by atoms with E-state index in [0.717, 1.165) is 11.3 Å². The number of nitrogens with one attached hydrogen (secondary N) is 1. The Labute approximate surface area is 159 Å². The van der Waals surface area contributed by atoms with E-state index in [2.05, 4.69) is 20.0 Å². The number of thioether (sulfide) groups is 1. The topological polar surface area (TPSA) is 68.0 Å². The predicted molar refractivity (Wildman–Crippen MR) is 101 cm³/mol. The molecule has 1 atom stereocenters. The monoisotopic (exact) mass is 389 g/mol. The Morgan fingerprint density at radius 3 is 2.48 bits per heavy atom. The van der Waals surface area contributed by atoms with E-state index >= 15 is 0 Å². The van der Waals surface area contributed by atoms with E-state index < -0.39 is 12.3 Å². The summed E-state index contributed by atoms with van der Waals surface area (Å²) < 4.78 is 29.5. The standard InChI is InChI=1S/C19H17F2N3O2S/c1-12(27-11-13-5-3-2-4-6-13)18(25)22-15-9-7-14(8-10-15)17-23-19(16(20)21)26-24-17/h2-10,12,16H,11H2,1H3,(H,22,25)/t12-/m1/s1. The highest BCUT2D eigenvalue weighted by molar-refractivity contribution is 7.99. The third-order valence-electron chi connectivity index (χ3n) is 3.75. The van der Waals surface area contributed by atoms with Gasteiger partial charge in [-0.05, 0) is 36.8 Å². The third kappa shape index (κ3) is 5.13. The number of carbonyl (C=O) groups is 1. The lowest BCUT2D eigenvalue weighted by Crippen LogP contribution is -2.22. The summed E-state index contributed by atoms with van der Waals surface area (Å²) in [6, 6.07) is 16.5. The van der Waals surface area contributed by atoms with E-state index in [9.17, 15) is 13.6 Å². The van der Waals surface area contributed by atoms with Crippen molar-refractivity contribution in [2.24, 2.45) is 0 Å². The van der Waals surface area contributed by atoms with E-state index in [0.29, 0.717) is 11.3 Å². The maximum atomic E-state index is 12.5. The number of carbonyl (C=O) groups excluding carboxylic acids is 1. The molecule has 1 N–H and O–H groups in total. The predicted octanol–water partition coefficient (Wildman–Crippen LogP) is 4.93. The molecule has 0 unspecified atom stereocenters. The highest BCUT2D eigenvalue weighted by atomic mass is 32.2. The van der Waals surface area contributed by atoms with Gasteiger partial charge in [-0.15, -0.1) is 11.8 Å². The largest absolute Gasteiger partial charge is 0.333 e. The normalized spacial score (nSPS) is 12.1. The molecule has 1 aromatic heterocycles. The minimum absolute atomic E-state index is 0.0787. The minimum Gasteiger partial charge on any atom is -0.333 e. The van der Waals surface area contributed by atoms with Crippen molar-refractivity contribution in [2.45, 2.75) is 24.4 Å². The number of hydrogen-bond donors (Lipinski definition) is 1. The van der Waals surface area contributed by atoms with Gasteiger partial charge in [0.05, 0.1) is 5.25 Å². The molecule has 0 aliphatic heterocycles. The van der Waals surface area contributed by atoms with Crippen molar-refractivity contribution in [3.8, 4) is 11.4 Å². The second-order valence-corrected chi connectivity index (χ2v) is 7.09. The first-order valence-corrected chi connectivity index (χ1v) is 9.26. The summed E-state index contributed by atoms with van der Waals surface area (Å²) in [6.45, 7) is 1.85. The molecule has 5 nitrogen and oxygen atoms in total. The van der Waals surface area contributed by atoms with Crippen LogP contribution in [0.3, 0.4) is 0 Å². The molecule has 0 spiro atoms. The smallest absolute Gasteiger partial charge is 0.315 e. The summed E-state index contributed by atoms with van der Waals surface area (Å²) in [4.78, 5) is 15.9. The molecular weight excluding hydrogens is 372 g/mol. The van der Waals surface area contributed by atoms with Gasteiger partial charge in [0, 0.05) is 17.0 Å². The zero-order valence-electron chi connectivity index (χ0n) is 14.4. The summed E-state index contributed by atoms with van der Waals surface area (Å²) in [5, 5.41) is 6.13. The Morgan fingerprint density at radius 2 is 1.85 bits per heavy atom. The molecule has 0 aliphatic carbocycles. The van der Waals surface area contributed by atoms with Crippen molar-refractivity contribution in [2.75, 3.05) is 5.32 Å². The van der Waals surface area contributed by atoms with Crippen molar-refractivity contribution >= 4 is 23.4 Å². The average molecular weight is 389 g/mol. The van der Waals surface area contributed by atoms with Gasteiger partial charge >= 0.3 is 6.43 Å². The van der Waals surface area contributed by atoms with E-state index in [4.69, 9.17) is 0 Å². The molecular formula is C19H17F2N3O2S. The highest BCUT2D eigenvalue weighted by Crippen LogP contribution is 2.23. The lowest BCUT2D eigenvalue weighted by atomic mass is 10.2. The summed E-state index contributed by atoms with van der Waals surface area (Å²) >= 11 is 1.55. The van der Waals surface area contributed by atoms with E-state index in [1.54, 1.807) is 36.0 Å². The van der Waals surface area contributed by atoms with Crippen LogP contribution in [0.2, 0.25) is 0 Å². The van der Waals surface area contributed by atoms with Crippen LogP contribution in [0, 0.1) is 0 Å². The lowest BCUT2D eigenvalue weighted by Gasteiger charge is -2.12. The molecule has 0 saturated carbocycles. The molecule has 3 aromatic rings. The maximum absolute atomic E-state index is 12.5. The van der Waals surface area contributed by atoms with Crippen LogP contribution in [0.4, 0.5) is 14.5 Å². The fraction of sp³-hybridized carbons (Fsp3) is 0.211. The Balaban J connectivity index is 1.56. The molecule has 0 fully saturated rings. The van der Waals surface area contributed by atoms with Gasteiger partial charge < -0.3 is 9.84 Å². The molecule has 1 amide bonds. The summed E-state index contributed by atoms with van der Waals surface area (Å²) in [5.41, 5.74) is 2.29. The average Bonchev–Trinajstić information content (AvgIpc) is 3.18. The van der Waals surface area contributed by atoms with Crippen LogP contribution < -0.4 is 5.32 Å². The summed E-state index contributed by atoms with van der Waals surface area (Å²) in [7, 11) is 0. The number of anilines is 1. The maximum Gasteiger partial charge on any atom is 0.315 e. The Morgan fingerprint density at radius 1 is 1.15 bits per heavy atom. The van der Waals surface area contributed by atoms with Crippen molar-refractivity contribution in [3.05, 3.63) is 66.1 Å². The van der Waals surface area contributed by atoms with Crippen LogP contribution in [-0.2, 0) is 10.5 Å². The summed E-state index contributed by atoms with van der Waals surface area (Å²) in [5.74, 6) is 0.00315. The lowest BCUT2D eigenvalue weighted by molar-refractivity contribution is -0.115. The van der Waals surface area contributed by atoms with Crippen LogP contribution in [0.15, 0.2) is 59.1 Å². The molecule has 0 bridgehead atoms. The van der Waals surface area contributed by atoms with Gasteiger partial charge in [-0.1, -0.05) is 35.5 Å². The summed E-state index contributed by atoms with van der Waals surface area (Å²) in [6.07, 6.45) is -2.81. The molecule has 1 heterocycles. The number of halogens is 2. The first-order chi connectivity index (χ1) is 13.0. The number of rotatable bonds is 7. The van der Waals surface area contributed by atoms with Crippen LogP contribution >= 0.6 is 11.8 Å². The molecule has 0 radical (unpaired) electrons. The van der Waals surface area contributed by atoms with Crippen LogP contribution in [0.5, 0.6) is 0 Å². The van der Waals surface area contributed by atoms with Gasteiger partial charge in [-0.3, -0.25) is 4.79 Å². The van der Waals surface area contributed by atoms with Crippen LogP contribution in [0.25, 0.3) is 11.4 Å². The van der Waals surface area contributed by atoms with Crippen molar-refractivity contribution in [1.82, 2.24) is 10.1 Å². The van der Waals surface area contributed by atoms with E-state index in [1.807, 2.05) is 37.3 Å². The number of alkyl halides is 2. The number of nitrogens with zero attached hydrogens (tertiary/aromatic N) is 2. The van der Waals surface area contributed by atoms with Crippen molar-refractivity contribution in [1.29, 1.82) is 0 Å². The number of benzene rings is 2. The first-order valence-electron chi connectivity index (χ1n) is 8.21. The van der Waals surface area contributed by atoms with Crippen LogP contribution in [-0.4, -0.2) is 21.3 Å². The SMILES string of the molecule is C[C@@H](SCc1ccccc1)C(=O)Nc1ccc(-c2noc(C(F)F)n2)cc1. The second-order valence-electron chi connectivity index (χ2n) is 5.76. The van der Waals surface area contributed by atoms with Gasteiger partial charge in [-0.2, -0.15) is 13.8 Å². The molecule has 3 rings (SSSR count). The Hall–Kier alpha value is -2.74. The van der Waals surface area contributed by atoms with Gasteiger partial charge in [0.25, 0.3) is 5.89 Å². The number of hydrogen-bond acceptors (Lipinski definition) is 5. The fourth-order valence-corrected chi connectivity index (χ4v) is 3.10. The zero-order valence-corrected chi connectivity index (χ0v) is 15.2. The number of aromatic nitrogens is 2. The van der Waals surface area contributed by atoms with Gasteiger partial charge in [0.15, 0.2) is 0 Å². The molecule has 0 aliphatic rings. The quantitative estimate of drug-likeness (QED) is 0.620. The van der Waals surface area contributed by atoms with Gasteiger partial charge in [-0.25, -0.2) is 0 Å². The molecule has 0 saturated heterocycles. The Kier molecular flexibility index (Phi) is 6.18. The molecule has 8 heteroatoms. The van der Waals surface area contributed by atoms with Gasteiger partial charge in [0.1, 0.15) is 0 Å². The zero-order chi connectivity index (χ0) is 19.2. The van der Waals surface area contributed by atoms with E-state index in [-0.39, 0.29) is 17.0 Å². The first kappa shape index (κ1) is 19.0. The van der Waals surface area contributed by atoms with Gasteiger partial charge in [0.2, 0.25) is 11.7 Å².